The predicted molar refractivity (Wildman–Crippen MR) is 99.3 cm³/mol. The SMILES string of the molecule is COc1cc(C(C)NC(=O)N(C)Cc2cscn2)ccc1OC(C)C. The van der Waals surface area contributed by atoms with E-state index in [2.05, 4.69) is 10.3 Å². The Hall–Kier alpha value is -2.28. The summed E-state index contributed by atoms with van der Waals surface area (Å²) < 4.78 is 11.1. The van der Waals surface area contributed by atoms with E-state index in [1.165, 1.54) is 11.3 Å². The highest BCUT2D eigenvalue weighted by molar-refractivity contribution is 7.07. The number of rotatable bonds is 7. The fourth-order valence-corrected chi connectivity index (χ4v) is 2.86. The van der Waals surface area contributed by atoms with Gasteiger partial charge in [0.2, 0.25) is 0 Å². The average Bonchev–Trinajstić information content (AvgIpc) is 3.07. The van der Waals surface area contributed by atoms with Crippen molar-refractivity contribution in [2.45, 2.75) is 39.5 Å². The second kappa shape index (κ2) is 8.71. The molecule has 0 saturated heterocycles. The molecule has 1 unspecified atom stereocenters. The van der Waals surface area contributed by atoms with Crippen LogP contribution >= 0.6 is 11.3 Å². The van der Waals surface area contributed by atoms with Gasteiger partial charge in [-0.05, 0) is 38.5 Å². The smallest absolute Gasteiger partial charge is 0.317 e. The monoisotopic (exact) mass is 363 g/mol. The van der Waals surface area contributed by atoms with Gasteiger partial charge in [-0.2, -0.15) is 0 Å². The van der Waals surface area contributed by atoms with Crippen LogP contribution in [0.1, 0.15) is 38.1 Å². The molecule has 136 valence electrons. The molecule has 0 aliphatic rings. The molecule has 0 saturated carbocycles. The first-order valence-electron chi connectivity index (χ1n) is 8.14. The van der Waals surface area contributed by atoms with Gasteiger partial charge in [0.25, 0.3) is 0 Å². The second-order valence-corrected chi connectivity index (χ2v) is 6.80. The van der Waals surface area contributed by atoms with Gasteiger partial charge in [0.15, 0.2) is 11.5 Å². The minimum Gasteiger partial charge on any atom is -0.493 e. The third-order valence-electron chi connectivity index (χ3n) is 3.62. The largest absolute Gasteiger partial charge is 0.493 e. The van der Waals surface area contributed by atoms with Crippen LogP contribution in [0.5, 0.6) is 11.5 Å². The molecule has 0 radical (unpaired) electrons. The second-order valence-electron chi connectivity index (χ2n) is 6.08. The molecular weight excluding hydrogens is 338 g/mol. The van der Waals surface area contributed by atoms with Crippen LogP contribution in [0.15, 0.2) is 29.1 Å². The maximum absolute atomic E-state index is 12.4. The Labute approximate surface area is 152 Å². The molecule has 2 rings (SSSR count). The van der Waals surface area contributed by atoms with Crippen molar-refractivity contribution in [1.29, 1.82) is 0 Å². The summed E-state index contributed by atoms with van der Waals surface area (Å²) in [6, 6.07) is 5.39. The minimum absolute atomic E-state index is 0.0660. The zero-order valence-corrected chi connectivity index (χ0v) is 16.1. The van der Waals surface area contributed by atoms with Crippen molar-refractivity contribution < 1.29 is 14.3 Å². The Morgan fingerprint density at radius 3 is 2.68 bits per heavy atom. The number of hydrogen-bond donors (Lipinski definition) is 1. The van der Waals surface area contributed by atoms with Crippen molar-refractivity contribution in [1.82, 2.24) is 15.2 Å². The van der Waals surface area contributed by atoms with Crippen molar-refractivity contribution in [2.75, 3.05) is 14.2 Å². The van der Waals surface area contributed by atoms with Crippen molar-refractivity contribution in [3.05, 3.63) is 40.3 Å². The molecule has 1 aromatic heterocycles. The average molecular weight is 363 g/mol. The molecule has 0 spiro atoms. The van der Waals surface area contributed by atoms with Crippen LogP contribution in [0, 0.1) is 0 Å². The Morgan fingerprint density at radius 2 is 2.08 bits per heavy atom. The first-order valence-corrected chi connectivity index (χ1v) is 9.08. The van der Waals surface area contributed by atoms with E-state index in [9.17, 15) is 4.79 Å². The Bertz CT molecular complexity index is 689. The number of thiazole rings is 1. The molecular formula is C18H25N3O3S. The van der Waals surface area contributed by atoms with Gasteiger partial charge in [-0.25, -0.2) is 9.78 Å². The lowest BCUT2D eigenvalue weighted by Gasteiger charge is -2.22. The molecule has 1 atom stereocenters. The molecule has 1 N–H and O–H groups in total. The maximum Gasteiger partial charge on any atom is 0.317 e. The molecule has 25 heavy (non-hydrogen) atoms. The molecule has 7 heteroatoms. The number of carbonyl (C=O) groups is 1. The van der Waals surface area contributed by atoms with Crippen LogP contribution in [0.2, 0.25) is 0 Å². The molecule has 0 bridgehead atoms. The van der Waals surface area contributed by atoms with E-state index in [-0.39, 0.29) is 18.2 Å². The molecule has 1 heterocycles. The van der Waals surface area contributed by atoms with Crippen LogP contribution in [-0.4, -0.2) is 36.2 Å². The lowest BCUT2D eigenvalue weighted by Crippen LogP contribution is -2.38. The highest BCUT2D eigenvalue weighted by Gasteiger charge is 2.16. The van der Waals surface area contributed by atoms with E-state index < -0.39 is 0 Å². The summed E-state index contributed by atoms with van der Waals surface area (Å²) in [6.07, 6.45) is 0.0660. The van der Waals surface area contributed by atoms with Crippen LogP contribution in [-0.2, 0) is 6.54 Å². The van der Waals surface area contributed by atoms with Gasteiger partial charge in [0, 0.05) is 12.4 Å². The zero-order chi connectivity index (χ0) is 18.4. The number of methoxy groups -OCH3 is 1. The number of nitrogens with one attached hydrogen (secondary N) is 1. The standard InChI is InChI=1S/C18H25N3O3S/c1-12(2)24-16-7-6-14(8-17(16)23-5)13(3)20-18(22)21(4)9-15-10-25-11-19-15/h6-8,10-13H,9H2,1-5H3,(H,20,22). The minimum atomic E-state index is -0.160. The molecule has 0 fully saturated rings. The molecule has 1 aromatic carbocycles. The maximum atomic E-state index is 12.4. The number of ether oxygens (including phenoxy) is 2. The van der Waals surface area contributed by atoms with Gasteiger partial charge in [-0.3, -0.25) is 0 Å². The summed E-state index contributed by atoms with van der Waals surface area (Å²) in [5.41, 5.74) is 3.59. The molecule has 0 aliphatic heterocycles. The van der Waals surface area contributed by atoms with Gasteiger partial charge in [0.05, 0.1) is 37.0 Å². The van der Waals surface area contributed by atoms with Crippen LogP contribution in [0.25, 0.3) is 0 Å². The third-order valence-corrected chi connectivity index (χ3v) is 4.25. The van der Waals surface area contributed by atoms with Gasteiger partial charge in [-0.15, -0.1) is 11.3 Å². The number of hydrogen-bond acceptors (Lipinski definition) is 5. The summed E-state index contributed by atoms with van der Waals surface area (Å²) in [5, 5.41) is 4.92. The van der Waals surface area contributed by atoms with E-state index in [4.69, 9.17) is 9.47 Å². The highest BCUT2D eigenvalue weighted by atomic mass is 32.1. The number of aromatic nitrogens is 1. The lowest BCUT2D eigenvalue weighted by molar-refractivity contribution is 0.203. The summed E-state index contributed by atoms with van der Waals surface area (Å²) in [7, 11) is 3.36. The van der Waals surface area contributed by atoms with Crippen molar-refractivity contribution in [3.8, 4) is 11.5 Å². The van der Waals surface area contributed by atoms with Crippen LogP contribution in [0.4, 0.5) is 4.79 Å². The van der Waals surface area contributed by atoms with E-state index in [1.807, 2.05) is 44.4 Å². The number of urea groups is 1. The van der Waals surface area contributed by atoms with Crippen LogP contribution < -0.4 is 14.8 Å². The number of nitrogens with zero attached hydrogens (tertiary/aromatic N) is 2. The van der Waals surface area contributed by atoms with Crippen molar-refractivity contribution in [2.24, 2.45) is 0 Å². The summed E-state index contributed by atoms with van der Waals surface area (Å²) in [6.45, 7) is 6.35. The van der Waals surface area contributed by atoms with Crippen molar-refractivity contribution >= 4 is 17.4 Å². The van der Waals surface area contributed by atoms with E-state index in [0.717, 1.165) is 11.3 Å². The quantitative estimate of drug-likeness (QED) is 0.812. The Kier molecular flexibility index (Phi) is 6.64. The normalized spacial score (nSPS) is 11.9. The van der Waals surface area contributed by atoms with E-state index in [0.29, 0.717) is 18.0 Å². The lowest BCUT2D eigenvalue weighted by atomic mass is 10.1. The number of carbonyl (C=O) groups excluding carboxylic acids is 1. The van der Waals surface area contributed by atoms with Gasteiger partial charge in [0.1, 0.15) is 0 Å². The van der Waals surface area contributed by atoms with Gasteiger partial charge >= 0.3 is 6.03 Å². The topological polar surface area (TPSA) is 63.7 Å². The fourth-order valence-electron chi connectivity index (χ4n) is 2.31. The van der Waals surface area contributed by atoms with E-state index >= 15 is 0 Å². The number of amides is 2. The highest BCUT2D eigenvalue weighted by Crippen LogP contribution is 2.31. The fraction of sp³-hybridized carbons (Fsp3) is 0.444. The number of benzene rings is 1. The Morgan fingerprint density at radius 1 is 1.32 bits per heavy atom. The molecule has 2 aromatic rings. The third kappa shape index (κ3) is 5.35. The van der Waals surface area contributed by atoms with E-state index in [1.54, 1.807) is 24.6 Å². The first kappa shape index (κ1) is 19.1. The first-order chi connectivity index (χ1) is 11.9. The summed E-state index contributed by atoms with van der Waals surface area (Å²) in [4.78, 5) is 18.2. The molecule has 2 amide bonds. The summed E-state index contributed by atoms with van der Waals surface area (Å²) >= 11 is 1.52. The zero-order valence-electron chi connectivity index (χ0n) is 15.3. The molecule has 0 aliphatic carbocycles. The van der Waals surface area contributed by atoms with Crippen molar-refractivity contribution in [3.63, 3.8) is 0 Å². The summed E-state index contributed by atoms with van der Waals surface area (Å²) in [5.74, 6) is 1.35. The predicted octanol–water partition coefficient (Wildman–Crippen LogP) is 3.84. The van der Waals surface area contributed by atoms with Gasteiger partial charge in [-0.1, -0.05) is 6.07 Å². The van der Waals surface area contributed by atoms with Crippen LogP contribution in [0.3, 0.4) is 0 Å². The Balaban J connectivity index is 2.01. The molecule has 6 nitrogen and oxygen atoms in total. The van der Waals surface area contributed by atoms with Gasteiger partial charge < -0.3 is 19.7 Å².